The number of nitrogens with zero attached hydrogens (tertiary/aromatic N) is 1. The van der Waals surface area contributed by atoms with Gasteiger partial charge in [0.15, 0.2) is 0 Å². The molecule has 4 N–H and O–H groups in total. The van der Waals surface area contributed by atoms with E-state index in [1.807, 2.05) is 0 Å². The molecule has 122 valence electrons. The fourth-order valence-corrected chi connectivity index (χ4v) is 4.32. The number of ether oxygens (including phenoxy) is 1. The van der Waals surface area contributed by atoms with E-state index in [2.05, 4.69) is 0 Å². The van der Waals surface area contributed by atoms with Crippen molar-refractivity contribution in [3.63, 3.8) is 0 Å². The molecule has 1 aromatic carbocycles. The highest BCUT2D eigenvalue weighted by Gasteiger charge is 2.36. The zero-order chi connectivity index (χ0) is 16.3. The predicted octanol–water partition coefficient (Wildman–Crippen LogP) is -0.0877. The van der Waals surface area contributed by atoms with Crippen LogP contribution < -0.4 is 11.5 Å². The summed E-state index contributed by atoms with van der Waals surface area (Å²) in [6.45, 7) is 0.596. The van der Waals surface area contributed by atoms with Gasteiger partial charge in [0.05, 0.1) is 11.0 Å². The van der Waals surface area contributed by atoms with Gasteiger partial charge in [-0.2, -0.15) is 4.31 Å². The van der Waals surface area contributed by atoms with Crippen molar-refractivity contribution in [1.82, 2.24) is 4.31 Å². The van der Waals surface area contributed by atoms with Gasteiger partial charge in [-0.3, -0.25) is 4.79 Å². The summed E-state index contributed by atoms with van der Waals surface area (Å²) in [7, 11) is -2.04. The Morgan fingerprint density at radius 2 is 2.00 bits per heavy atom. The number of hydrogen-bond acceptors (Lipinski definition) is 5. The number of nitrogens with two attached hydrogens (primary N) is 2. The van der Waals surface area contributed by atoms with E-state index < -0.39 is 15.9 Å². The molecule has 1 amide bonds. The van der Waals surface area contributed by atoms with Gasteiger partial charge in [0.1, 0.15) is 0 Å². The highest BCUT2D eigenvalue weighted by Crippen LogP contribution is 2.26. The molecule has 8 heteroatoms. The van der Waals surface area contributed by atoms with Crippen LogP contribution in [0.1, 0.15) is 23.2 Å². The Morgan fingerprint density at radius 1 is 1.36 bits per heavy atom. The molecule has 1 aliphatic heterocycles. The van der Waals surface area contributed by atoms with Crippen molar-refractivity contribution in [2.75, 3.05) is 20.2 Å². The monoisotopic (exact) mass is 327 g/mol. The summed E-state index contributed by atoms with van der Waals surface area (Å²) in [6.07, 6.45) is 1.23. The van der Waals surface area contributed by atoms with Crippen molar-refractivity contribution in [2.24, 2.45) is 11.5 Å². The predicted molar refractivity (Wildman–Crippen MR) is 81.7 cm³/mol. The minimum Gasteiger partial charge on any atom is -0.381 e. The second kappa shape index (κ2) is 6.74. The van der Waals surface area contributed by atoms with Crippen LogP contribution >= 0.6 is 0 Å². The number of carbonyl (C=O) groups is 1. The van der Waals surface area contributed by atoms with Crippen LogP contribution in [0.15, 0.2) is 29.2 Å². The van der Waals surface area contributed by atoms with Crippen molar-refractivity contribution >= 4 is 15.9 Å². The van der Waals surface area contributed by atoms with Crippen LogP contribution in [0.2, 0.25) is 0 Å². The molecule has 0 radical (unpaired) electrons. The zero-order valence-electron chi connectivity index (χ0n) is 12.4. The van der Waals surface area contributed by atoms with Gasteiger partial charge in [-0.15, -0.1) is 0 Å². The summed E-state index contributed by atoms with van der Waals surface area (Å²) in [4.78, 5) is 11.2. The normalized spacial score (nSPS) is 23.4. The standard InChI is InChI=1S/C14H21N3O4S/c1-21-12-6-7-17(11(8-12)9-15)22(19,20)13-4-2-10(3-5-13)14(16)18/h2-5,11-12H,6-9,15H2,1H3,(H2,16,18). The molecule has 1 heterocycles. The van der Waals surface area contributed by atoms with E-state index >= 15 is 0 Å². The SMILES string of the molecule is COC1CCN(S(=O)(=O)c2ccc(C(N)=O)cc2)C(CN)C1. The lowest BCUT2D eigenvalue weighted by molar-refractivity contribution is 0.0401. The third-order valence-corrected chi connectivity index (χ3v) is 5.93. The fraction of sp³-hybridized carbons (Fsp3) is 0.500. The first-order chi connectivity index (χ1) is 10.4. The lowest BCUT2D eigenvalue weighted by Gasteiger charge is -2.37. The average molecular weight is 327 g/mol. The maximum Gasteiger partial charge on any atom is 0.248 e. The summed E-state index contributed by atoms with van der Waals surface area (Å²) in [5, 5.41) is 0. The Kier molecular flexibility index (Phi) is 5.17. The molecule has 0 saturated carbocycles. The maximum absolute atomic E-state index is 12.7. The number of methoxy groups -OCH3 is 1. The lowest BCUT2D eigenvalue weighted by Crippen LogP contribution is -2.51. The van der Waals surface area contributed by atoms with E-state index in [-0.39, 0.29) is 29.1 Å². The average Bonchev–Trinajstić information content (AvgIpc) is 2.54. The summed E-state index contributed by atoms with van der Waals surface area (Å²) >= 11 is 0. The van der Waals surface area contributed by atoms with Crippen LogP contribution in [0, 0.1) is 0 Å². The second-order valence-corrected chi connectivity index (χ2v) is 7.17. The molecular weight excluding hydrogens is 306 g/mol. The van der Waals surface area contributed by atoms with Crippen LogP contribution in [0.4, 0.5) is 0 Å². The molecular formula is C14H21N3O4S. The third kappa shape index (κ3) is 3.30. The van der Waals surface area contributed by atoms with Crippen molar-refractivity contribution in [1.29, 1.82) is 0 Å². The van der Waals surface area contributed by atoms with Gasteiger partial charge in [0.2, 0.25) is 15.9 Å². The van der Waals surface area contributed by atoms with Gasteiger partial charge in [-0.25, -0.2) is 8.42 Å². The molecule has 2 atom stereocenters. The molecule has 0 spiro atoms. The molecule has 0 aliphatic carbocycles. The van der Waals surface area contributed by atoms with E-state index in [1.54, 1.807) is 7.11 Å². The van der Waals surface area contributed by atoms with Gasteiger partial charge in [0.25, 0.3) is 0 Å². The van der Waals surface area contributed by atoms with Crippen molar-refractivity contribution in [3.05, 3.63) is 29.8 Å². The number of sulfonamides is 1. The number of carbonyl (C=O) groups excluding carboxylic acids is 1. The molecule has 0 aromatic heterocycles. The number of amides is 1. The van der Waals surface area contributed by atoms with E-state index in [4.69, 9.17) is 16.2 Å². The minimum atomic E-state index is -3.65. The molecule has 1 saturated heterocycles. The van der Waals surface area contributed by atoms with Crippen LogP contribution in [0.5, 0.6) is 0 Å². The number of hydrogen-bond donors (Lipinski definition) is 2. The summed E-state index contributed by atoms with van der Waals surface area (Å²) in [6, 6.07) is 5.32. The van der Waals surface area contributed by atoms with E-state index in [0.717, 1.165) is 0 Å². The van der Waals surface area contributed by atoms with Gasteiger partial charge in [-0.1, -0.05) is 0 Å². The van der Waals surface area contributed by atoms with Crippen LogP contribution in [-0.4, -0.2) is 51.0 Å². The largest absolute Gasteiger partial charge is 0.381 e. The highest BCUT2D eigenvalue weighted by atomic mass is 32.2. The summed E-state index contributed by atoms with van der Waals surface area (Å²) in [5.74, 6) is -0.593. The highest BCUT2D eigenvalue weighted by molar-refractivity contribution is 7.89. The topological polar surface area (TPSA) is 116 Å². The van der Waals surface area contributed by atoms with Crippen LogP contribution in [0.3, 0.4) is 0 Å². The molecule has 1 aliphatic rings. The molecule has 7 nitrogen and oxygen atoms in total. The quantitative estimate of drug-likeness (QED) is 0.784. The number of primary amides is 1. The Balaban J connectivity index is 2.27. The Bertz CT molecular complexity index is 630. The Hall–Kier alpha value is -1.48. The van der Waals surface area contributed by atoms with Crippen molar-refractivity contribution in [3.8, 4) is 0 Å². The maximum atomic E-state index is 12.7. The number of piperidine rings is 1. The number of benzene rings is 1. The van der Waals surface area contributed by atoms with Crippen LogP contribution in [0.25, 0.3) is 0 Å². The van der Waals surface area contributed by atoms with Gasteiger partial charge in [0, 0.05) is 31.8 Å². The second-order valence-electron chi connectivity index (χ2n) is 5.28. The van der Waals surface area contributed by atoms with Crippen LogP contribution in [-0.2, 0) is 14.8 Å². The number of rotatable bonds is 5. The molecule has 0 bridgehead atoms. The molecule has 1 aromatic rings. The Morgan fingerprint density at radius 3 is 2.50 bits per heavy atom. The van der Waals surface area contributed by atoms with Crippen molar-refractivity contribution < 1.29 is 17.9 Å². The third-order valence-electron chi connectivity index (χ3n) is 3.96. The summed E-state index contributed by atoms with van der Waals surface area (Å²) < 4.78 is 32.2. The Labute approximate surface area is 130 Å². The lowest BCUT2D eigenvalue weighted by atomic mass is 10.0. The molecule has 2 unspecified atom stereocenters. The first-order valence-electron chi connectivity index (χ1n) is 7.04. The first-order valence-corrected chi connectivity index (χ1v) is 8.48. The smallest absolute Gasteiger partial charge is 0.248 e. The van der Waals surface area contributed by atoms with Gasteiger partial charge < -0.3 is 16.2 Å². The molecule has 22 heavy (non-hydrogen) atoms. The van der Waals surface area contributed by atoms with E-state index in [1.165, 1.54) is 28.6 Å². The van der Waals surface area contributed by atoms with E-state index in [0.29, 0.717) is 19.4 Å². The fourth-order valence-electron chi connectivity index (χ4n) is 2.66. The van der Waals surface area contributed by atoms with Crippen molar-refractivity contribution in [2.45, 2.75) is 29.9 Å². The van der Waals surface area contributed by atoms with E-state index in [9.17, 15) is 13.2 Å². The minimum absolute atomic E-state index is 0.0252. The zero-order valence-corrected chi connectivity index (χ0v) is 13.3. The van der Waals surface area contributed by atoms with Gasteiger partial charge >= 0.3 is 0 Å². The molecule has 2 rings (SSSR count). The summed E-state index contributed by atoms with van der Waals surface area (Å²) in [5.41, 5.74) is 11.2. The first kappa shape index (κ1) is 16.9. The molecule has 1 fully saturated rings. The van der Waals surface area contributed by atoms with Gasteiger partial charge in [-0.05, 0) is 37.1 Å².